The first-order valence-electron chi connectivity index (χ1n) is 9.57. The molecule has 0 saturated carbocycles. The lowest BCUT2D eigenvalue weighted by Crippen LogP contribution is -2.02. The van der Waals surface area contributed by atoms with Gasteiger partial charge in [0, 0.05) is 18.2 Å². The van der Waals surface area contributed by atoms with Crippen LogP contribution in [0.5, 0.6) is 11.5 Å². The van der Waals surface area contributed by atoms with E-state index in [0.717, 1.165) is 5.56 Å². The fourth-order valence-electron chi connectivity index (χ4n) is 3.12. The number of Topliss-reactive ketones (excluding diaryl/α,β-unsaturated/α-hetero) is 1. The Balaban J connectivity index is 1.44. The van der Waals surface area contributed by atoms with Crippen molar-refractivity contribution in [3.63, 3.8) is 0 Å². The van der Waals surface area contributed by atoms with Crippen molar-refractivity contribution in [2.45, 2.75) is 6.61 Å². The Morgan fingerprint density at radius 2 is 1.78 bits per heavy atom. The Morgan fingerprint density at radius 3 is 2.44 bits per heavy atom. The minimum atomic E-state index is -0.487. The van der Waals surface area contributed by atoms with Gasteiger partial charge in [0.05, 0.1) is 23.2 Å². The molecule has 1 heterocycles. The van der Waals surface area contributed by atoms with Gasteiger partial charge in [0.25, 0.3) is 5.69 Å². The highest BCUT2D eigenvalue weighted by molar-refractivity contribution is 6.14. The molecule has 0 radical (unpaired) electrons. The smallest absolute Gasteiger partial charge is 0.337 e. The standard InChI is InChI=1S/C24H17NO7/c1-30-24(27)17-6-2-16(3-7-17)14-31-19-10-11-20-21(13-19)32-22(23(20)26)12-15-4-8-18(9-5-15)25(28)29/h2-13H,14H2,1H3/b22-12-. The van der Waals surface area contributed by atoms with Crippen LogP contribution in [0.25, 0.3) is 6.08 Å². The second-order valence-corrected chi connectivity index (χ2v) is 6.92. The van der Waals surface area contributed by atoms with E-state index in [0.29, 0.717) is 28.2 Å². The summed E-state index contributed by atoms with van der Waals surface area (Å²) in [5.74, 6) is 0.343. The zero-order valence-electron chi connectivity index (χ0n) is 16.9. The molecule has 0 bridgehead atoms. The van der Waals surface area contributed by atoms with E-state index in [1.54, 1.807) is 54.6 Å². The summed E-state index contributed by atoms with van der Waals surface area (Å²) >= 11 is 0. The molecule has 0 N–H and O–H groups in total. The molecule has 0 spiro atoms. The van der Waals surface area contributed by atoms with Crippen molar-refractivity contribution in [1.82, 2.24) is 0 Å². The molecule has 0 atom stereocenters. The molecular formula is C24H17NO7. The molecule has 0 fully saturated rings. The van der Waals surface area contributed by atoms with Crippen molar-refractivity contribution in [2.24, 2.45) is 0 Å². The van der Waals surface area contributed by atoms with Gasteiger partial charge < -0.3 is 14.2 Å². The maximum atomic E-state index is 12.6. The zero-order valence-corrected chi connectivity index (χ0v) is 16.9. The number of benzene rings is 3. The summed E-state index contributed by atoms with van der Waals surface area (Å²) in [6.07, 6.45) is 1.54. The van der Waals surface area contributed by atoms with Crippen molar-refractivity contribution in [3.8, 4) is 11.5 Å². The van der Waals surface area contributed by atoms with Crippen LogP contribution >= 0.6 is 0 Å². The van der Waals surface area contributed by atoms with Crippen LogP contribution in [0.15, 0.2) is 72.5 Å². The Hall–Kier alpha value is -4.46. The van der Waals surface area contributed by atoms with E-state index in [1.807, 2.05) is 0 Å². The third-order valence-electron chi connectivity index (χ3n) is 4.82. The lowest BCUT2D eigenvalue weighted by molar-refractivity contribution is -0.384. The van der Waals surface area contributed by atoms with Gasteiger partial charge in [-0.25, -0.2) is 4.79 Å². The quantitative estimate of drug-likeness (QED) is 0.243. The summed E-state index contributed by atoms with van der Waals surface area (Å²) in [5.41, 5.74) is 2.30. The molecule has 3 aromatic rings. The van der Waals surface area contributed by atoms with Crippen LogP contribution in [0, 0.1) is 10.1 Å². The predicted octanol–water partition coefficient (Wildman–Crippen LogP) is 4.58. The molecule has 0 unspecified atom stereocenters. The fourth-order valence-corrected chi connectivity index (χ4v) is 3.12. The van der Waals surface area contributed by atoms with Crippen LogP contribution in [0.3, 0.4) is 0 Å². The van der Waals surface area contributed by atoms with Crippen molar-refractivity contribution >= 4 is 23.5 Å². The van der Waals surface area contributed by atoms with Crippen LogP contribution in [-0.4, -0.2) is 23.8 Å². The number of hydrogen-bond donors (Lipinski definition) is 0. The van der Waals surface area contributed by atoms with Gasteiger partial charge in [0.2, 0.25) is 5.78 Å². The number of rotatable bonds is 6. The molecule has 0 saturated heterocycles. The number of fused-ring (bicyclic) bond motifs is 1. The zero-order chi connectivity index (χ0) is 22.7. The first-order valence-corrected chi connectivity index (χ1v) is 9.57. The fraction of sp³-hybridized carbons (Fsp3) is 0.0833. The summed E-state index contributed by atoms with van der Waals surface area (Å²) in [5, 5.41) is 10.8. The van der Waals surface area contributed by atoms with Crippen LogP contribution in [0.1, 0.15) is 31.8 Å². The van der Waals surface area contributed by atoms with Crippen molar-refractivity contribution in [3.05, 3.63) is 105 Å². The van der Waals surface area contributed by atoms with E-state index in [4.69, 9.17) is 9.47 Å². The second-order valence-electron chi connectivity index (χ2n) is 6.92. The molecule has 1 aliphatic rings. The molecule has 0 aliphatic carbocycles. The third-order valence-corrected chi connectivity index (χ3v) is 4.82. The first kappa shape index (κ1) is 20.8. The summed E-state index contributed by atoms with van der Waals surface area (Å²) in [7, 11) is 1.33. The van der Waals surface area contributed by atoms with Crippen molar-refractivity contribution < 1.29 is 28.7 Å². The maximum absolute atomic E-state index is 12.6. The number of hydrogen-bond acceptors (Lipinski definition) is 7. The minimum Gasteiger partial charge on any atom is -0.489 e. The van der Waals surface area contributed by atoms with E-state index >= 15 is 0 Å². The van der Waals surface area contributed by atoms with Gasteiger partial charge in [-0.15, -0.1) is 0 Å². The Bertz CT molecular complexity index is 1230. The number of ether oxygens (including phenoxy) is 3. The van der Waals surface area contributed by atoms with Crippen LogP contribution < -0.4 is 9.47 Å². The van der Waals surface area contributed by atoms with Gasteiger partial charge >= 0.3 is 5.97 Å². The lowest BCUT2D eigenvalue weighted by Gasteiger charge is -2.08. The molecular weight excluding hydrogens is 414 g/mol. The minimum absolute atomic E-state index is 0.0316. The average Bonchev–Trinajstić information content (AvgIpc) is 3.12. The topological polar surface area (TPSA) is 105 Å². The number of allylic oxidation sites excluding steroid dienone is 1. The van der Waals surface area contributed by atoms with Crippen molar-refractivity contribution in [2.75, 3.05) is 7.11 Å². The third kappa shape index (κ3) is 4.34. The number of carbonyl (C=O) groups is 2. The van der Waals surface area contributed by atoms with Crippen LogP contribution in [0.2, 0.25) is 0 Å². The molecule has 160 valence electrons. The average molecular weight is 431 g/mol. The van der Waals surface area contributed by atoms with Gasteiger partial charge in [0.1, 0.15) is 18.1 Å². The Labute approximate surface area is 182 Å². The van der Waals surface area contributed by atoms with E-state index in [9.17, 15) is 19.7 Å². The largest absolute Gasteiger partial charge is 0.489 e. The Kier molecular flexibility index (Phi) is 5.67. The SMILES string of the molecule is COC(=O)c1ccc(COc2ccc3c(c2)O/C(=C\c2ccc([N+](=O)[O-])cc2)C3=O)cc1. The number of non-ortho nitro benzene ring substituents is 1. The molecule has 4 rings (SSSR count). The number of carbonyl (C=O) groups excluding carboxylic acids is 2. The second kappa shape index (κ2) is 8.73. The van der Waals surface area contributed by atoms with Gasteiger partial charge in [-0.1, -0.05) is 12.1 Å². The number of nitro benzene ring substituents is 1. The normalized spacial score (nSPS) is 13.4. The summed E-state index contributed by atoms with van der Waals surface area (Å²) in [6.45, 7) is 0.264. The molecule has 8 heteroatoms. The first-order chi connectivity index (χ1) is 15.4. The molecule has 0 amide bonds. The number of nitro groups is 1. The Morgan fingerprint density at radius 1 is 1.06 bits per heavy atom. The van der Waals surface area contributed by atoms with E-state index < -0.39 is 10.9 Å². The van der Waals surface area contributed by atoms with Crippen LogP contribution in [-0.2, 0) is 11.3 Å². The molecule has 8 nitrogen and oxygen atoms in total. The highest BCUT2D eigenvalue weighted by atomic mass is 16.6. The molecule has 0 aromatic heterocycles. The van der Waals surface area contributed by atoms with Gasteiger partial charge in [-0.05, 0) is 53.6 Å². The van der Waals surface area contributed by atoms with Gasteiger partial charge in [0.15, 0.2) is 5.76 Å². The monoisotopic (exact) mass is 431 g/mol. The lowest BCUT2D eigenvalue weighted by atomic mass is 10.1. The number of methoxy groups -OCH3 is 1. The van der Waals surface area contributed by atoms with E-state index in [1.165, 1.54) is 25.3 Å². The number of esters is 1. The molecule has 1 aliphatic heterocycles. The predicted molar refractivity (Wildman–Crippen MR) is 115 cm³/mol. The maximum Gasteiger partial charge on any atom is 0.337 e. The van der Waals surface area contributed by atoms with Crippen molar-refractivity contribution in [1.29, 1.82) is 0 Å². The summed E-state index contributed by atoms with van der Waals surface area (Å²) < 4.78 is 16.1. The summed E-state index contributed by atoms with van der Waals surface area (Å²) in [4.78, 5) is 34.4. The number of ketones is 1. The molecule has 32 heavy (non-hydrogen) atoms. The molecule has 3 aromatic carbocycles. The number of nitrogens with zero attached hydrogens (tertiary/aromatic N) is 1. The van der Waals surface area contributed by atoms with Gasteiger partial charge in [-0.2, -0.15) is 0 Å². The van der Waals surface area contributed by atoms with E-state index in [2.05, 4.69) is 4.74 Å². The summed E-state index contributed by atoms with van der Waals surface area (Å²) in [6, 6.07) is 17.6. The van der Waals surface area contributed by atoms with Gasteiger partial charge in [-0.3, -0.25) is 14.9 Å². The van der Waals surface area contributed by atoms with Crippen LogP contribution in [0.4, 0.5) is 5.69 Å². The van der Waals surface area contributed by atoms with E-state index in [-0.39, 0.29) is 23.8 Å². The highest BCUT2D eigenvalue weighted by Crippen LogP contribution is 2.35. The highest BCUT2D eigenvalue weighted by Gasteiger charge is 2.27.